The van der Waals surface area contributed by atoms with E-state index in [9.17, 15) is 4.79 Å². The molecule has 0 aliphatic carbocycles. The fraction of sp³-hybridized carbons (Fsp3) is 0.615. The van der Waals surface area contributed by atoms with Crippen molar-refractivity contribution in [2.75, 3.05) is 5.32 Å². The summed E-state index contributed by atoms with van der Waals surface area (Å²) in [6.07, 6.45) is 0.704. The molecule has 2 rings (SSSR count). The molecule has 1 aromatic rings. The first-order valence-corrected chi connectivity index (χ1v) is 6.51. The minimum absolute atomic E-state index is 0.245. The second kappa shape index (κ2) is 5.42. The Labute approximate surface area is 112 Å². The first-order chi connectivity index (χ1) is 9.02. The molecule has 1 amide bonds. The highest BCUT2D eigenvalue weighted by Crippen LogP contribution is 2.22. The Morgan fingerprint density at radius 1 is 1.53 bits per heavy atom. The van der Waals surface area contributed by atoms with Crippen LogP contribution in [0.2, 0.25) is 0 Å². The van der Waals surface area contributed by atoms with Crippen molar-refractivity contribution in [2.45, 2.75) is 46.6 Å². The number of nitrogens with one attached hydrogen (secondary N) is 1. The SMILES string of the molecule is CCc1c(C)noc1NC(=O)C1CC(C(C)C)=NO1. The van der Waals surface area contributed by atoms with E-state index < -0.39 is 6.10 Å². The molecule has 19 heavy (non-hydrogen) atoms. The maximum atomic E-state index is 12.1. The van der Waals surface area contributed by atoms with Crippen molar-refractivity contribution in [3.63, 3.8) is 0 Å². The molecule has 0 saturated carbocycles. The molecular formula is C13H19N3O3. The van der Waals surface area contributed by atoms with Crippen molar-refractivity contribution in [3.8, 4) is 0 Å². The molecule has 1 aliphatic heterocycles. The largest absolute Gasteiger partial charge is 0.382 e. The van der Waals surface area contributed by atoms with Gasteiger partial charge in [0, 0.05) is 12.0 Å². The van der Waals surface area contributed by atoms with Crippen LogP contribution in [-0.4, -0.2) is 22.9 Å². The predicted octanol–water partition coefficient (Wildman–Crippen LogP) is 2.28. The van der Waals surface area contributed by atoms with Crippen LogP contribution in [0.4, 0.5) is 5.88 Å². The number of aromatic nitrogens is 1. The summed E-state index contributed by atoms with van der Waals surface area (Å²) in [5.41, 5.74) is 2.62. The Morgan fingerprint density at radius 3 is 2.84 bits per heavy atom. The van der Waals surface area contributed by atoms with Crippen LogP contribution in [0.15, 0.2) is 9.68 Å². The van der Waals surface area contributed by atoms with Gasteiger partial charge in [0.05, 0.1) is 11.4 Å². The topological polar surface area (TPSA) is 76.7 Å². The Kier molecular flexibility index (Phi) is 3.87. The number of aryl methyl sites for hydroxylation is 1. The predicted molar refractivity (Wildman–Crippen MR) is 71.0 cm³/mol. The maximum Gasteiger partial charge on any atom is 0.271 e. The first-order valence-electron chi connectivity index (χ1n) is 6.51. The van der Waals surface area contributed by atoms with Gasteiger partial charge in [0.15, 0.2) is 0 Å². The molecule has 1 N–H and O–H groups in total. The number of hydrogen-bond acceptors (Lipinski definition) is 5. The summed E-state index contributed by atoms with van der Waals surface area (Å²) in [5, 5.41) is 10.5. The van der Waals surface area contributed by atoms with Crippen molar-refractivity contribution in [3.05, 3.63) is 11.3 Å². The highest BCUT2D eigenvalue weighted by Gasteiger charge is 2.30. The average molecular weight is 265 g/mol. The fourth-order valence-electron chi connectivity index (χ4n) is 1.97. The van der Waals surface area contributed by atoms with Crippen LogP contribution >= 0.6 is 0 Å². The van der Waals surface area contributed by atoms with Gasteiger partial charge in [0.2, 0.25) is 12.0 Å². The number of carbonyl (C=O) groups excluding carboxylic acids is 1. The number of oxime groups is 1. The number of nitrogens with zero attached hydrogens (tertiary/aromatic N) is 2. The van der Waals surface area contributed by atoms with Gasteiger partial charge >= 0.3 is 0 Å². The molecule has 104 valence electrons. The molecule has 0 radical (unpaired) electrons. The van der Waals surface area contributed by atoms with Gasteiger partial charge in [-0.3, -0.25) is 10.1 Å². The van der Waals surface area contributed by atoms with E-state index in [2.05, 4.69) is 15.6 Å². The van der Waals surface area contributed by atoms with Gasteiger partial charge in [-0.15, -0.1) is 0 Å². The summed E-state index contributed by atoms with van der Waals surface area (Å²) in [5.74, 6) is 0.452. The Bertz CT molecular complexity index is 505. The summed E-state index contributed by atoms with van der Waals surface area (Å²) in [6, 6.07) is 0. The molecule has 1 atom stereocenters. The molecular weight excluding hydrogens is 246 g/mol. The van der Waals surface area contributed by atoms with Gasteiger partial charge in [0.25, 0.3) is 5.91 Å². The third-order valence-electron chi connectivity index (χ3n) is 3.23. The lowest BCUT2D eigenvalue weighted by Crippen LogP contribution is -2.28. The quantitative estimate of drug-likeness (QED) is 0.906. The second-order valence-electron chi connectivity index (χ2n) is 4.95. The zero-order chi connectivity index (χ0) is 14.0. The lowest BCUT2D eigenvalue weighted by Gasteiger charge is -2.08. The summed E-state index contributed by atoms with van der Waals surface area (Å²) >= 11 is 0. The smallest absolute Gasteiger partial charge is 0.271 e. The lowest BCUT2D eigenvalue weighted by atomic mass is 10.0. The van der Waals surface area contributed by atoms with E-state index >= 15 is 0 Å². The van der Waals surface area contributed by atoms with Gasteiger partial charge in [-0.25, -0.2) is 0 Å². The number of anilines is 1. The van der Waals surface area contributed by atoms with Gasteiger partial charge in [-0.1, -0.05) is 31.1 Å². The van der Waals surface area contributed by atoms with Crippen molar-refractivity contribution in [1.29, 1.82) is 0 Å². The standard InChI is InChI=1S/C13H19N3O3/c1-5-9-8(4)15-19-13(9)14-12(17)11-6-10(7(2)3)16-18-11/h7,11H,5-6H2,1-4H3,(H,14,17). The number of carbonyl (C=O) groups is 1. The van der Waals surface area contributed by atoms with Gasteiger partial charge in [0.1, 0.15) is 0 Å². The Balaban J connectivity index is 1.99. The zero-order valence-corrected chi connectivity index (χ0v) is 11.7. The molecule has 2 heterocycles. The van der Waals surface area contributed by atoms with E-state index in [1.165, 1.54) is 0 Å². The summed E-state index contributed by atoms with van der Waals surface area (Å²) in [4.78, 5) is 17.2. The number of amides is 1. The number of hydrogen-bond donors (Lipinski definition) is 1. The second-order valence-corrected chi connectivity index (χ2v) is 4.95. The molecule has 1 aromatic heterocycles. The third-order valence-corrected chi connectivity index (χ3v) is 3.23. The van der Waals surface area contributed by atoms with Crippen molar-refractivity contribution >= 4 is 17.5 Å². The molecule has 1 aliphatic rings. The van der Waals surface area contributed by atoms with E-state index in [1.807, 2.05) is 27.7 Å². The molecule has 6 heteroatoms. The lowest BCUT2D eigenvalue weighted by molar-refractivity contribution is -0.125. The van der Waals surface area contributed by atoms with Gasteiger partial charge < -0.3 is 9.36 Å². The highest BCUT2D eigenvalue weighted by atomic mass is 16.6. The molecule has 0 saturated heterocycles. The van der Waals surface area contributed by atoms with Crippen LogP contribution in [0, 0.1) is 12.8 Å². The normalized spacial score (nSPS) is 18.4. The van der Waals surface area contributed by atoms with Gasteiger partial charge in [-0.2, -0.15) is 0 Å². The van der Waals surface area contributed by atoms with E-state index in [4.69, 9.17) is 9.36 Å². The average Bonchev–Trinajstić information content (AvgIpc) is 2.96. The Hall–Kier alpha value is -1.85. The summed E-state index contributed by atoms with van der Waals surface area (Å²) in [6.45, 7) is 7.89. The molecule has 0 aromatic carbocycles. The minimum Gasteiger partial charge on any atom is -0.382 e. The number of rotatable bonds is 4. The summed E-state index contributed by atoms with van der Waals surface area (Å²) in [7, 11) is 0. The van der Waals surface area contributed by atoms with Crippen LogP contribution in [0.3, 0.4) is 0 Å². The minimum atomic E-state index is -0.576. The molecule has 6 nitrogen and oxygen atoms in total. The van der Waals surface area contributed by atoms with Crippen LogP contribution in [0.1, 0.15) is 38.4 Å². The summed E-state index contributed by atoms with van der Waals surface area (Å²) < 4.78 is 5.12. The third kappa shape index (κ3) is 2.77. The van der Waals surface area contributed by atoms with E-state index in [-0.39, 0.29) is 11.8 Å². The monoisotopic (exact) mass is 265 g/mol. The Morgan fingerprint density at radius 2 is 2.26 bits per heavy atom. The van der Waals surface area contributed by atoms with Crippen molar-refractivity contribution < 1.29 is 14.2 Å². The zero-order valence-electron chi connectivity index (χ0n) is 11.7. The van der Waals surface area contributed by atoms with Crippen LogP contribution in [-0.2, 0) is 16.1 Å². The van der Waals surface area contributed by atoms with E-state index in [0.29, 0.717) is 12.3 Å². The van der Waals surface area contributed by atoms with Crippen LogP contribution in [0.25, 0.3) is 0 Å². The van der Waals surface area contributed by atoms with E-state index in [0.717, 1.165) is 23.4 Å². The molecule has 0 spiro atoms. The first kappa shape index (κ1) is 13.6. The van der Waals surface area contributed by atoms with Crippen LogP contribution < -0.4 is 5.32 Å². The van der Waals surface area contributed by atoms with Crippen LogP contribution in [0.5, 0.6) is 0 Å². The van der Waals surface area contributed by atoms with Gasteiger partial charge in [-0.05, 0) is 19.3 Å². The highest BCUT2D eigenvalue weighted by molar-refractivity contribution is 5.99. The molecule has 1 unspecified atom stereocenters. The molecule has 0 bridgehead atoms. The van der Waals surface area contributed by atoms with Crippen molar-refractivity contribution in [2.24, 2.45) is 11.1 Å². The van der Waals surface area contributed by atoms with Crippen molar-refractivity contribution in [1.82, 2.24) is 5.16 Å². The fourth-order valence-corrected chi connectivity index (χ4v) is 1.97. The van der Waals surface area contributed by atoms with E-state index in [1.54, 1.807) is 0 Å². The maximum absolute atomic E-state index is 12.1. The molecule has 0 fully saturated rings.